The molecule has 15 heteroatoms. The van der Waals surface area contributed by atoms with Crippen molar-refractivity contribution in [2.75, 3.05) is 30.4 Å². The summed E-state index contributed by atoms with van der Waals surface area (Å²) >= 11 is 0. The Kier molecular flexibility index (Phi) is 10.5. The van der Waals surface area contributed by atoms with Gasteiger partial charge in [0.2, 0.25) is 5.95 Å². The molecule has 3 atom stereocenters. The van der Waals surface area contributed by atoms with Crippen molar-refractivity contribution >= 4 is 21.7 Å². The number of hydrogen-bond donors (Lipinski definition) is 2. The minimum absolute atomic E-state index is 0.0362. The molecule has 1 amide bonds. The molecule has 1 aliphatic heterocycles. The van der Waals surface area contributed by atoms with E-state index in [2.05, 4.69) is 20.0 Å². The molecule has 9 nitrogen and oxygen atoms in total. The molecule has 1 aromatic heterocycles. The summed E-state index contributed by atoms with van der Waals surface area (Å²) in [5.74, 6) is -0.821. The minimum Gasteiger partial charge on any atom is -0.394 e. The largest absolute Gasteiger partial charge is 0.416 e. The number of nitrogens with zero attached hydrogens (tertiary/aromatic N) is 3. The van der Waals surface area contributed by atoms with Gasteiger partial charge in [0.1, 0.15) is 0 Å². The third-order valence-electron chi connectivity index (χ3n) is 7.50. The molecule has 1 saturated heterocycles. The maximum absolute atomic E-state index is 13.0. The number of alkyl halides is 5. The fourth-order valence-corrected chi connectivity index (χ4v) is 5.87. The van der Waals surface area contributed by atoms with Crippen LogP contribution in [0.4, 0.5) is 27.9 Å². The normalized spacial score (nSPS) is 18.3. The molecular formula is C29H31F5N4O5S. The molecule has 0 radical (unpaired) electrons. The van der Waals surface area contributed by atoms with E-state index in [9.17, 15) is 40.3 Å². The van der Waals surface area contributed by atoms with E-state index in [-0.39, 0.29) is 41.2 Å². The van der Waals surface area contributed by atoms with E-state index in [1.165, 1.54) is 55.7 Å². The molecule has 2 heterocycles. The Morgan fingerprint density at radius 2 is 1.70 bits per heavy atom. The Bertz CT molecular complexity index is 1510. The number of rotatable bonds is 11. The van der Waals surface area contributed by atoms with Gasteiger partial charge in [0.05, 0.1) is 47.1 Å². The second-order valence-electron chi connectivity index (χ2n) is 10.2. The van der Waals surface area contributed by atoms with Crippen molar-refractivity contribution in [3.05, 3.63) is 83.2 Å². The first-order chi connectivity index (χ1) is 20.8. The third-order valence-corrected chi connectivity index (χ3v) is 9.25. The summed E-state index contributed by atoms with van der Waals surface area (Å²) < 4.78 is 93.4. The number of carbonyl (C=O) groups excluding carboxylic acids is 1. The quantitative estimate of drug-likeness (QED) is 0.288. The van der Waals surface area contributed by atoms with Gasteiger partial charge in [0, 0.05) is 24.9 Å². The lowest BCUT2D eigenvalue weighted by atomic mass is 9.87. The van der Waals surface area contributed by atoms with E-state index in [1.54, 1.807) is 4.90 Å². The first-order valence-corrected chi connectivity index (χ1v) is 15.4. The van der Waals surface area contributed by atoms with Gasteiger partial charge >= 0.3 is 12.8 Å². The summed E-state index contributed by atoms with van der Waals surface area (Å²) in [4.78, 5) is 23.2. The maximum Gasteiger partial charge on any atom is 0.416 e. The summed E-state index contributed by atoms with van der Waals surface area (Å²) in [6.07, 6.45) is -1.13. The van der Waals surface area contributed by atoms with Crippen LogP contribution in [0.2, 0.25) is 0 Å². The predicted molar refractivity (Wildman–Crippen MR) is 150 cm³/mol. The van der Waals surface area contributed by atoms with Crippen molar-refractivity contribution in [1.82, 2.24) is 15.3 Å². The highest BCUT2D eigenvalue weighted by Gasteiger charge is 2.34. The van der Waals surface area contributed by atoms with Gasteiger partial charge in [-0.2, -0.15) is 22.0 Å². The Morgan fingerprint density at radius 1 is 1.07 bits per heavy atom. The van der Waals surface area contributed by atoms with E-state index >= 15 is 0 Å². The number of sulfone groups is 1. The van der Waals surface area contributed by atoms with E-state index in [0.717, 1.165) is 12.1 Å². The van der Waals surface area contributed by atoms with Gasteiger partial charge in [-0.3, -0.25) is 4.79 Å². The Labute approximate surface area is 251 Å². The molecule has 0 spiro atoms. The van der Waals surface area contributed by atoms with Crippen molar-refractivity contribution in [2.45, 2.75) is 55.5 Å². The van der Waals surface area contributed by atoms with Crippen LogP contribution in [-0.4, -0.2) is 67.6 Å². The van der Waals surface area contributed by atoms with Crippen LogP contribution in [0.5, 0.6) is 0 Å². The molecule has 238 valence electrons. The van der Waals surface area contributed by atoms with Crippen LogP contribution in [0.15, 0.2) is 65.8 Å². The number of ether oxygens (including phenoxy) is 1. The summed E-state index contributed by atoms with van der Waals surface area (Å²) in [6.45, 7) is -2.07. The molecule has 2 aromatic carbocycles. The lowest BCUT2D eigenvalue weighted by Crippen LogP contribution is -2.46. The van der Waals surface area contributed by atoms with E-state index < -0.39 is 52.8 Å². The first kappa shape index (κ1) is 33.2. The molecular weight excluding hydrogens is 611 g/mol. The van der Waals surface area contributed by atoms with Crippen LogP contribution in [0.1, 0.15) is 58.8 Å². The average Bonchev–Trinajstić information content (AvgIpc) is 3.02. The molecule has 1 fully saturated rings. The molecule has 2 N–H and O–H groups in total. The van der Waals surface area contributed by atoms with Crippen molar-refractivity contribution in [3.63, 3.8) is 0 Å². The van der Waals surface area contributed by atoms with Gasteiger partial charge in [0.15, 0.2) is 9.84 Å². The number of piperidine rings is 1. The van der Waals surface area contributed by atoms with Crippen LogP contribution in [-0.2, 0) is 20.8 Å². The van der Waals surface area contributed by atoms with Gasteiger partial charge in [-0.25, -0.2) is 18.4 Å². The zero-order valence-corrected chi connectivity index (χ0v) is 24.4. The number of aliphatic hydroxyl groups is 1. The number of hydrogen-bond acceptors (Lipinski definition) is 8. The van der Waals surface area contributed by atoms with Crippen molar-refractivity contribution in [1.29, 1.82) is 0 Å². The fraction of sp³-hybridized carbons (Fsp3) is 0.414. The predicted octanol–water partition coefficient (Wildman–Crippen LogP) is 4.74. The Hall–Kier alpha value is -3.69. The average molecular weight is 643 g/mol. The second kappa shape index (κ2) is 13.9. The Balaban J connectivity index is 1.49. The summed E-state index contributed by atoms with van der Waals surface area (Å²) in [5.41, 5.74) is 0.369. The fourth-order valence-electron chi connectivity index (χ4n) is 4.98. The highest BCUT2D eigenvalue weighted by atomic mass is 32.2. The zero-order valence-electron chi connectivity index (χ0n) is 23.5. The number of aliphatic hydroxyl groups excluding tert-OH is 1. The monoisotopic (exact) mass is 642 g/mol. The summed E-state index contributed by atoms with van der Waals surface area (Å²) in [6, 6.07) is 9.15. The molecule has 1 aliphatic rings. The highest BCUT2D eigenvalue weighted by Crippen LogP contribution is 2.35. The summed E-state index contributed by atoms with van der Waals surface area (Å²) in [5, 5.41) is 12.5. The van der Waals surface area contributed by atoms with Crippen LogP contribution < -0.4 is 10.2 Å². The van der Waals surface area contributed by atoms with Gasteiger partial charge in [0.25, 0.3) is 5.91 Å². The molecule has 0 unspecified atom stereocenters. The molecule has 4 rings (SSSR count). The molecule has 0 aliphatic carbocycles. The number of anilines is 1. The first-order valence-electron chi connectivity index (χ1n) is 13.7. The smallest absolute Gasteiger partial charge is 0.394 e. The Morgan fingerprint density at radius 3 is 2.25 bits per heavy atom. The number of aromatic nitrogens is 2. The van der Waals surface area contributed by atoms with Gasteiger partial charge in [-0.05, 0) is 48.2 Å². The molecule has 0 saturated carbocycles. The number of carbonyl (C=O) groups is 1. The second-order valence-corrected chi connectivity index (χ2v) is 12.5. The van der Waals surface area contributed by atoms with Crippen LogP contribution in [0.3, 0.4) is 0 Å². The van der Waals surface area contributed by atoms with Gasteiger partial charge in [-0.1, -0.05) is 31.2 Å². The van der Waals surface area contributed by atoms with Crippen molar-refractivity contribution < 1.29 is 45.0 Å². The number of benzene rings is 2. The molecule has 44 heavy (non-hydrogen) atoms. The van der Waals surface area contributed by atoms with E-state index in [4.69, 9.17) is 0 Å². The maximum atomic E-state index is 13.0. The zero-order chi connectivity index (χ0) is 32.1. The standard InChI is InChI=1S/C29H31F5N4O5S/c1-2-44(41,42)24-11-6-19(7-12-24)25(16-39)37-26(40)21-13-35-28(36-14-21)38-15-20(5-10-23(38)17-43-27(30)31)18-3-8-22(9-4-18)29(32,33)34/h3-4,6-9,11-14,20,23,25,27,39H,2,5,10,15-17H2,1H3,(H,37,40)/t20-,23-,25-/m0/s1. The topological polar surface area (TPSA) is 122 Å². The van der Waals surface area contributed by atoms with Gasteiger partial charge < -0.3 is 20.1 Å². The lowest BCUT2D eigenvalue weighted by molar-refractivity contribution is -0.137. The van der Waals surface area contributed by atoms with Crippen LogP contribution in [0, 0.1) is 0 Å². The molecule has 3 aromatic rings. The SMILES string of the molecule is CCS(=O)(=O)c1ccc([C@H](CO)NC(=O)c2cnc(N3C[C@@H](c4ccc(C(F)(F)F)cc4)CC[C@H]3COC(F)F)nc2)cc1. The third kappa shape index (κ3) is 8.07. The van der Waals surface area contributed by atoms with E-state index in [0.29, 0.717) is 24.0 Å². The van der Waals surface area contributed by atoms with Crippen molar-refractivity contribution in [2.24, 2.45) is 0 Å². The highest BCUT2D eigenvalue weighted by molar-refractivity contribution is 7.91. The lowest BCUT2D eigenvalue weighted by Gasteiger charge is -2.39. The van der Waals surface area contributed by atoms with Crippen LogP contribution in [0.25, 0.3) is 0 Å². The van der Waals surface area contributed by atoms with Gasteiger partial charge in [-0.15, -0.1) is 0 Å². The van der Waals surface area contributed by atoms with Crippen LogP contribution >= 0.6 is 0 Å². The number of halogens is 5. The minimum atomic E-state index is -4.48. The number of amides is 1. The summed E-state index contributed by atoms with van der Waals surface area (Å²) in [7, 11) is -3.42. The van der Waals surface area contributed by atoms with E-state index in [1.807, 2.05) is 0 Å². The van der Waals surface area contributed by atoms with Crippen molar-refractivity contribution in [3.8, 4) is 0 Å². The molecule has 0 bridgehead atoms. The number of nitrogens with one attached hydrogen (secondary N) is 1.